The Morgan fingerprint density at radius 2 is 2.31 bits per heavy atom. The van der Waals surface area contributed by atoms with E-state index >= 15 is 0 Å². The number of hydrogen-bond acceptors (Lipinski definition) is 3. The van der Waals surface area contributed by atoms with Crippen LogP contribution in [0.25, 0.3) is 0 Å². The van der Waals surface area contributed by atoms with Gasteiger partial charge in [-0.15, -0.1) is 0 Å². The number of hydrogen-bond donors (Lipinski definition) is 2. The van der Waals surface area contributed by atoms with Crippen LogP contribution in [-0.2, 0) is 4.74 Å². The van der Waals surface area contributed by atoms with Crippen molar-refractivity contribution in [2.75, 3.05) is 13.2 Å². The van der Waals surface area contributed by atoms with E-state index in [4.69, 9.17) is 4.74 Å². The van der Waals surface area contributed by atoms with Gasteiger partial charge in [0, 0.05) is 25.6 Å². The van der Waals surface area contributed by atoms with E-state index < -0.39 is 0 Å². The summed E-state index contributed by atoms with van der Waals surface area (Å²) in [4.78, 5) is 0. The number of aliphatic hydroxyl groups excluding tert-OH is 1. The standard InChI is InChI=1S/C10H21NO2/c1-8(2)11-7-9(12)6-10-4-3-5-13-10/h8-12H,3-7H2,1-2H3. The third-order valence-electron chi connectivity index (χ3n) is 2.32. The number of ether oxygens (including phenoxy) is 1. The zero-order chi connectivity index (χ0) is 9.68. The third kappa shape index (κ3) is 4.60. The van der Waals surface area contributed by atoms with E-state index in [0.29, 0.717) is 18.7 Å². The van der Waals surface area contributed by atoms with Crippen LogP contribution < -0.4 is 5.32 Å². The lowest BCUT2D eigenvalue weighted by atomic mass is 10.1. The molecule has 13 heavy (non-hydrogen) atoms. The first-order chi connectivity index (χ1) is 6.18. The van der Waals surface area contributed by atoms with Crippen molar-refractivity contribution < 1.29 is 9.84 Å². The van der Waals surface area contributed by atoms with Gasteiger partial charge < -0.3 is 15.2 Å². The van der Waals surface area contributed by atoms with Crippen molar-refractivity contribution >= 4 is 0 Å². The van der Waals surface area contributed by atoms with Gasteiger partial charge in [0.25, 0.3) is 0 Å². The average molecular weight is 187 g/mol. The largest absolute Gasteiger partial charge is 0.392 e. The smallest absolute Gasteiger partial charge is 0.0689 e. The molecule has 1 saturated heterocycles. The minimum atomic E-state index is -0.259. The zero-order valence-electron chi connectivity index (χ0n) is 8.62. The quantitative estimate of drug-likeness (QED) is 0.672. The molecule has 0 bridgehead atoms. The van der Waals surface area contributed by atoms with Crippen LogP contribution in [0, 0.1) is 0 Å². The summed E-state index contributed by atoms with van der Waals surface area (Å²) in [6.45, 7) is 5.71. The van der Waals surface area contributed by atoms with Crippen LogP contribution in [-0.4, -0.2) is 36.5 Å². The Morgan fingerprint density at radius 1 is 1.54 bits per heavy atom. The van der Waals surface area contributed by atoms with Crippen LogP contribution in [0.4, 0.5) is 0 Å². The molecule has 2 unspecified atom stereocenters. The van der Waals surface area contributed by atoms with Crippen molar-refractivity contribution in [3.8, 4) is 0 Å². The van der Waals surface area contributed by atoms with Gasteiger partial charge in [0.1, 0.15) is 0 Å². The summed E-state index contributed by atoms with van der Waals surface area (Å²) in [6.07, 6.45) is 3.07. The van der Waals surface area contributed by atoms with E-state index in [-0.39, 0.29) is 6.10 Å². The highest BCUT2D eigenvalue weighted by molar-refractivity contribution is 4.71. The lowest BCUT2D eigenvalue weighted by molar-refractivity contribution is 0.0532. The molecule has 0 aromatic heterocycles. The number of aliphatic hydroxyl groups is 1. The van der Waals surface area contributed by atoms with Gasteiger partial charge in [-0.1, -0.05) is 13.8 Å². The van der Waals surface area contributed by atoms with Crippen LogP contribution in [0.3, 0.4) is 0 Å². The van der Waals surface area contributed by atoms with Crippen LogP contribution in [0.2, 0.25) is 0 Å². The van der Waals surface area contributed by atoms with Crippen LogP contribution in [0.15, 0.2) is 0 Å². The molecule has 1 fully saturated rings. The van der Waals surface area contributed by atoms with Crippen molar-refractivity contribution in [3.05, 3.63) is 0 Å². The molecule has 1 heterocycles. The predicted octanol–water partition coefficient (Wildman–Crippen LogP) is 0.914. The Balaban J connectivity index is 2.05. The molecule has 0 amide bonds. The van der Waals surface area contributed by atoms with Crippen molar-refractivity contribution in [1.82, 2.24) is 5.32 Å². The Morgan fingerprint density at radius 3 is 2.85 bits per heavy atom. The molecule has 1 aliphatic heterocycles. The Hall–Kier alpha value is -0.120. The maximum atomic E-state index is 9.62. The SMILES string of the molecule is CC(C)NCC(O)CC1CCCO1. The topological polar surface area (TPSA) is 41.5 Å². The Kier molecular flexibility index (Phi) is 4.70. The van der Waals surface area contributed by atoms with Crippen LogP contribution in [0.1, 0.15) is 33.1 Å². The maximum Gasteiger partial charge on any atom is 0.0689 e. The van der Waals surface area contributed by atoms with Crippen molar-refractivity contribution in [2.24, 2.45) is 0 Å². The molecule has 0 spiro atoms. The van der Waals surface area contributed by atoms with Crippen LogP contribution >= 0.6 is 0 Å². The highest BCUT2D eigenvalue weighted by atomic mass is 16.5. The fraction of sp³-hybridized carbons (Fsp3) is 1.00. The third-order valence-corrected chi connectivity index (χ3v) is 2.32. The lowest BCUT2D eigenvalue weighted by Crippen LogP contribution is -2.33. The summed E-state index contributed by atoms with van der Waals surface area (Å²) in [7, 11) is 0. The molecule has 0 radical (unpaired) electrons. The molecule has 3 nitrogen and oxygen atoms in total. The summed E-state index contributed by atoms with van der Waals surface area (Å²) in [6, 6.07) is 0.444. The van der Waals surface area contributed by atoms with E-state index in [1.165, 1.54) is 0 Å². The second kappa shape index (κ2) is 5.58. The van der Waals surface area contributed by atoms with E-state index in [9.17, 15) is 5.11 Å². The van der Waals surface area contributed by atoms with Gasteiger partial charge in [0.2, 0.25) is 0 Å². The first-order valence-electron chi connectivity index (χ1n) is 5.21. The van der Waals surface area contributed by atoms with Gasteiger partial charge >= 0.3 is 0 Å². The van der Waals surface area contributed by atoms with E-state index in [1.54, 1.807) is 0 Å². The van der Waals surface area contributed by atoms with Crippen molar-refractivity contribution in [2.45, 2.75) is 51.4 Å². The molecule has 3 heteroatoms. The molecule has 2 atom stereocenters. The fourth-order valence-corrected chi connectivity index (χ4v) is 1.59. The number of nitrogens with one attached hydrogen (secondary N) is 1. The van der Waals surface area contributed by atoms with Gasteiger partial charge in [-0.25, -0.2) is 0 Å². The summed E-state index contributed by atoms with van der Waals surface area (Å²) >= 11 is 0. The lowest BCUT2D eigenvalue weighted by Gasteiger charge is -2.17. The van der Waals surface area contributed by atoms with Gasteiger partial charge in [0.05, 0.1) is 12.2 Å². The van der Waals surface area contributed by atoms with Gasteiger partial charge in [0.15, 0.2) is 0 Å². The highest BCUT2D eigenvalue weighted by Crippen LogP contribution is 2.16. The van der Waals surface area contributed by atoms with E-state index in [1.807, 2.05) is 0 Å². The van der Waals surface area contributed by atoms with Crippen molar-refractivity contribution in [3.63, 3.8) is 0 Å². The highest BCUT2D eigenvalue weighted by Gasteiger charge is 2.19. The molecule has 78 valence electrons. The fourth-order valence-electron chi connectivity index (χ4n) is 1.59. The van der Waals surface area contributed by atoms with Gasteiger partial charge in [-0.2, -0.15) is 0 Å². The molecule has 1 aliphatic rings. The van der Waals surface area contributed by atoms with Gasteiger partial charge in [-0.05, 0) is 12.8 Å². The molecule has 0 aromatic rings. The summed E-state index contributed by atoms with van der Waals surface area (Å²) < 4.78 is 5.44. The predicted molar refractivity (Wildman–Crippen MR) is 52.7 cm³/mol. The number of rotatable bonds is 5. The second-order valence-electron chi connectivity index (χ2n) is 4.09. The first-order valence-corrected chi connectivity index (χ1v) is 5.21. The zero-order valence-corrected chi connectivity index (χ0v) is 8.62. The molecule has 0 saturated carbocycles. The molecule has 0 aromatic carbocycles. The minimum absolute atomic E-state index is 0.259. The summed E-state index contributed by atoms with van der Waals surface area (Å²) in [5, 5.41) is 12.8. The van der Waals surface area contributed by atoms with Crippen molar-refractivity contribution in [1.29, 1.82) is 0 Å². The Labute approximate surface area is 80.5 Å². The first kappa shape index (κ1) is 11.0. The van der Waals surface area contributed by atoms with E-state index in [0.717, 1.165) is 25.9 Å². The average Bonchev–Trinajstić information content (AvgIpc) is 2.53. The monoisotopic (exact) mass is 187 g/mol. The molecule has 2 N–H and O–H groups in total. The molecule has 1 rings (SSSR count). The van der Waals surface area contributed by atoms with Crippen LogP contribution in [0.5, 0.6) is 0 Å². The maximum absolute atomic E-state index is 9.62. The minimum Gasteiger partial charge on any atom is -0.392 e. The normalized spacial score (nSPS) is 25.4. The second-order valence-corrected chi connectivity index (χ2v) is 4.09. The summed E-state index contributed by atoms with van der Waals surface area (Å²) in [5.41, 5.74) is 0. The molecular weight excluding hydrogens is 166 g/mol. The van der Waals surface area contributed by atoms with E-state index in [2.05, 4.69) is 19.2 Å². The van der Waals surface area contributed by atoms with Gasteiger partial charge in [-0.3, -0.25) is 0 Å². The molecule has 0 aliphatic carbocycles. The molecular formula is C10H21NO2. The Bertz CT molecular complexity index is 133. The summed E-state index contributed by atoms with van der Waals surface area (Å²) in [5.74, 6) is 0.